The van der Waals surface area contributed by atoms with E-state index in [2.05, 4.69) is 12.1 Å². The molecule has 0 aromatic heterocycles. The molecule has 0 bridgehead atoms. The molecule has 1 atom stereocenters. The summed E-state index contributed by atoms with van der Waals surface area (Å²) in [6.45, 7) is 1.68. The average Bonchev–Trinajstić information content (AvgIpc) is 2.73. The Hall–Kier alpha value is -1.02. The third kappa shape index (κ3) is 1.52. The third-order valence-electron chi connectivity index (χ3n) is 3.92. The van der Waals surface area contributed by atoms with Gasteiger partial charge in [-0.25, -0.2) is 0 Å². The van der Waals surface area contributed by atoms with Crippen molar-refractivity contribution in [1.29, 1.82) is 0 Å². The van der Waals surface area contributed by atoms with Crippen LogP contribution >= 0.6 is 0 Å². The molecule has 2 nitrogen and oxygen atoms in total. The Balaban J connectivity index is 2.04. The Bertz CT molecular complexity index is 398. The van der Waals surface area contributed by atoms with E-state index < -0.39 is 0 Å². The quantitative estimate of drug-likeness (QED) is 0.825. The molecule has 2 N–H and O–H groups in total. The van der Waals surface area contributed by atoms with Crippen LogP contribution in [0.2, 0.25) is 0 Å². The molecule has 1 aromatic carbocycles. The van der Waals surface area contributed by atoms with Crippen molar-refractivity contribution in [2.75, 3.05) is 13.2 Å². The van der Waals surface area contributed by atoms with E-state index in [4.69, 9.17) is 10.5 Å². The van der Waals surface area contributed by atoms with Crippen LogP contribution in [-0.4, -0.2) is 13.2 Å². The zero-order valence-corrected chi connectivity index (χ0v) is 9.67. The van der Waals surface area contributed by atoms with Crippen LogP contribution in [-0.2, 0) is 12.8 Å². The van der Waals surface area contributed by atoms with E-state index >= 15 is 0 Å². The van der Waals surface area contributed by atoms with Crippen molar-refractivity contribution in [3.8, 4) is 5.75 Å². The highest BCUT2D eigenvalue weighted by Gasteiger charge is 2.27. The van der Waals surface area contributed by atoms with Crippen LogP contribution in [0, 0.1) is 0 Å². The lowest BCUT2D eigenvalue weighted by atomic mass is 9.90. The van der Waals surface area contributed by atoms with Gasteiger partial charge in [0.2, 0.25) is 0 Å². The van der Waals surface area contributed by atoms with Crippen LogP contribution in [0.1, 0.15) is 41.9 Å². The molecular weight excluding hydrogens is 198 g/mol. The average molecular weight is 217 g/mol. The van der Waals surface area contributed by atoms with Crippen LogP contribution in [0.5, 0.6) is 5.75 Å². The lowest BCUT2D eigenvalue weighted by Crippen LogP contribution is -2.13. The smallest absolute Gasteiger partial charge is 0.122 e. The maximum atomic E-state index is 5.74. The number of rotatable bonds is 2. The van der Waals surface area contributed by atoms with Gasteiger partial charge in [0.1, 0.15) is 5.75 Å². The molecule has 0 fully saturated rings. The summed E-state index contributed by atoms with van der Waals surface area (Å²) in [5, 5.41) is 0. The monoisotopic (exact) mass is 217 g/mol. The number of benzene rings is 1. The SMILES string of the molecule is NCC[C@@H]1CCc2ccc3c(c21)CCCO3. The number of hydrogen-bond donors (Lipinski definition) is 1. The maximum Gasteiger partial charge on any atom is 0.122 e. The van der Waals surface area contributed by atoms with E-state index in [9.17, 15) is 0 Å². The molecule has 0 saturated heterocycles. The third-order valence-corrected chi connectivity index (χ3v) is 3.92. The second kappa shape index (κ2) is 4.10. The summed E-state index contributed by atoms with van der Waals surface area (Å²) in [5.41, 5.74) is 10.3. The van der Waals surface area contributed by atoms with Gasteiger partial charge >= 0.3 is 0 Å². The van der Waals surface area contributed by atoms with Crippen molar-refractivity contribution < 1.29 is 4.74 Å². The second-order valence-corrected chi connectivity index (χ2v) is 4.88. The first-order valence-corrected chi connectivity index (χ1v) is 6.37. The fourth-order valence-electron chi connectivity index (χ4n) is 3.21. The van der Waals surface area contributed by atoms with E-state index in [1.165, 1.54) is 31.2 Å². The highest BCUT2D eigenvalue weighted by Crippen LogP contribution is 2.42. The van der Waals surface area contributed by atoms with Gasteiger partial charge in [-0.15, -0.1) is 0 Å². The van der Waals surface area contributed by atoms with Crippen LogP contribution in [0.15, 0.2) is 12.1 Å². The number of hydrogen-bond acceptors (Lipinski definition) is 2. The van der Waals surface area contributed by atoms with Gasteiger partial charge in [0.15, 0.2) is 0 Å². The minimum absolute atomic E-state index is 0.691. The molecule has 0 radical (unpaired) electrons. The van der Waals surface area contributed by atoms with Crippen molar-refractivity contribution in [2.24, 2.45) is 5.73 Å². The standard InChI is InChI=1S/C14H19NO/c15-8-7-11-4-3-10-5-6-13-12(14(10)11)2-1-9-16-13/h5-6,11H,1-4,7-9,15H2/t11-/m0/s1. The number of aryl methyl sites for hydroxylation is 1. The van der Waals surface area contributed by atoms with Gasteiger partial charge in [-0.2, -0.15) is 0 Å². The highest BCUT2D eigenvalue weighted by atomic mass is 16.5. The van der Waals surface area contributed by atoms with Crippen molar-refractivity contribution >= 4 is 0 Å². The fourth-order valence-corrected chi connectivity index (χ4v) is 3.21. The van der Waals surface area contributed by atoms with Gasteiger partial charge < -0.3 is 10.5 Å². The highest BCUT2D eigenvalue weighted by molar-refractivity contribution is 5.50. The first kappa shape index (κ1) is 10.2. The molecule has 2 heteroatoms. The Kier molecular flexibility index (Phi) is 2.60. The molecule has 1 aromatic rings. The first-order valence-electron chi connectivity index (χ1n) is 6.37. The molecule has 1 aliphatic carbocycles. The van der Waals surface area contributed by atoms with Crippen LogP contribution in [0.25, 0.3) is 0 Å². The fraction of sp³-hybridized carbons (Fsp3) is 0.571. The predicted octanol–water partition coefficient (Wildman–Crippen LogP) is 2.39. The Morgan fingerprint density at radius 3 is 3.12 bits per heavy atom. The van der Waals surface area contributed by atoms with Crippen molar-refractivity contribution in [3.05, 3.63) is 28.8 Å². The molecule has 0 saturated carbocycles. The summed E-state index contributed by atoms with van der Waals surface area (Å²) in [4.78, 5) is 0. The molecule has 1 heterocycles. The molecule has 86 valence electrons. The molecule has 0 unspecified atom stereocenters. The van der Waals surface area contributed by atoms with Gasteiger partial charge in [0, 0.05) is 0 Å². The van der Waals surface area contributed by atoms with Gasteiger partial charge in [-0.1, -0.05) is 6.07 Å². The van der Waals surface area contributed by atoms with Gasteiger partial charge in [-0.3, -0.25) is 0 Å². The summed E-state index contributed by atoms with van der Waals surface area (Å²) >= 11 is 0. The van der Waals surface area contributed by atoms with E-state index in [1.54, 1.807) is 11.1 Å². The second-order valence-electron chi connectivity index (χ2n) is 4.88. The zero-order chi connectivity index (χ0) is 11.0. The van der Waals surface area contributed by atoms with E-state index in [-0.39, 0.29) is 0 Å². The normalized spacial score (nSPS) is 22.4. The molecule has 1 aliphatic heterocycles. The van der Waals surface area contributed by atoms with E-state index in [0.29, 0.717) is 5.92 Å². The van der Waals surface area contributed by atoms with E-state index in [0.717, 1.165) is 25.3 Å². The van der Waals surface area contributed by atoms with Crippen molar-refractivity contribution in [2.45, 2.75) is 38.0 Å². The molecule has 2 aliphatic rings. The summed E-state index contributed by atoms with van der Waals surface area (Å²) in [7, 11) is 0. The maximum absolute atomic E-state index is 5.74. The largest absolute Gasteiger partial charge is 0.493 e. The van der Waals surface area contributed by atoms with Crippen LogP contribution in [0.4, 0.5) is 0 Å². The predicted molar refractivity (Wildman–Crippen MR) is 65.0 cm³/mol. The molecule has 0 amide bonds. The molecule has 3 rings (SSSR count). The van der Waals surface area contributed by atoms with E-state index in [1.807, 2.05) is 0 Å². The minimum Gasteiger partial charge on any atom is -0.493 e. The van der Waals surface area contributed by atoms with Gasteiger partial charge in [0.25, 0.3) is 0 Å². The Morgan fingerprint density at radius 2 is 2.25 bits per heavy atom. The number of fused-ring (bicyclic) bond motifs is 3. The first-order chi connectivity index (χ1) is 7.90. The number of ether oxygens (including phenoxy) is 1. The Morgan fingerprint density at radius 1 is 1.31 bits per heavy atom. The lowest BCUT2D eigenvalue weighted by molar-refractivity contribution is 0.287. The lowest BCUT2D eigenvalue weighted by Gasteiger charge is -2.23. The van der Waals surface area contributed by atoms with Crippen LogP contribution in [0.3, 0.4) is 0 Å². The minimum atomic E-state index is 0.691. The number of nitrogens with two attached hydrogens (primary N) is 1. The van der Waals surface area contributed by atoms with Gasteiger partial charge in [-0.05, 0) is 67.3 Å². The van der Waals surface area contributed by atoms with Gasteiger partial charge in [0.05, 0.1) is 6.61 Å². The zero-order valence-electron chi connectivity index (χ0n) is 9.67. The summed E-state index contributed by atoms with van der Waals surface area (Å²) in [5.74, 6) is 1.82. The topological polar surface area (TPSA) is 35.2 Å². The summed E-state index contributed by atoms with van der Waals surface area (Å²) < 4.78 is 5.74. The van der Waals surface area contributed by atoms with Crippen LogP contribution < -0.4 is 10.5 Å². The Labute approximate surface area is 96.8 Å². The molecule has 16 heavy (non-hydrogen) atoms. The summed E-state index contributed by atoms with van der Waals surface area (Å²) in [6.07, 6.45) is 6.00. The van der Waals surface area contributed by atoms with Crippen molar-refractivity contribution in [3.63, 3.8) is 0 Å². The van der Waals surface area contributed by atoms with Crippen molar-refractivity contribution in [1.82, 2.24) is 0 Å². The molecule has 0 spiro atoms. The summed E-state index contributed by atoms with van der Waals surface area (Å²) in [6, 6.07) is 4.42. The molecular formula is C14H19NO.